The molecule has 4 rings (SSSR count). The molecular formula is C24H25N3O4S. The highest BCUT2D eigenvalue weighted by molar-refractivity contribution is 7.90. The van der Waals surface area contributed by atoms with Crippen molar-refractivity contribution in [3.63, 3.8) is 0 Å². The first-order valence-corrected chi connectivity index (χ1v) is 11.8. The molecule has 1 aliphatic heterocycles. The number of hydrogen-bond donors (Lipinski definition) is 2. The van der Waals surface area contributed by atoms with Gasteiger partial charge in [-0.1, -0.05) is 36.4 Å². The second kappa shape index (κ2) is 8.92. The molecule has 0 amide bonds. The van der Waals surface area contributed by atoms with Crippen molar-refractivity contribution in [3.05, 3.63) is 77.9 Å². The van der Waals surface area contributed by atoms with E-state index in [1.54, 1.807) is 12.1 Å². The molecule has 1 heterocycles. The van der Waals surface area contributed by atoms with Gasteiger partial charge < -0.3 is 14.8 Å². The van der Waals surface area contributed by atoms with E-state index in [0.29, 0.717) is 23.7 Å². The van der Waals surface area contributed by atoms with Crippen molar-refractivity contribution in [2.75, 3.05) is 5.32 Å². The zero-order valence-electron chi connectivity index (χ0n) is 18.1. The van der Waals surface area contributed by atoms with Crippen molar-refractivity contribution in [3.8, 4) is 17.2 Å². The van der Waals surface area contributed by atoms with E-state index in [2.05, 4.69) is 15.0 Å². The second-order valence-electron chi connectivity index (χ2n) is 7.70. The lowest BCUT2D eigenvalue weighted by Gasteiger charge is -2.24. The smallest absolute Gasteiger partial charge is 0.266 e. The molecule has 2 N–H and O–H groups in total. The number of nitrogens with one attached hydrogen (secondary N) is 2. The van der Waals surface area contributed by atoms with Gasteiger partial charge in [0.1, 0.15) is 22.1 Å². The van der Waals surface area contributed by atoms with Crippen molar-refractivity contribution in [2.45, 2.75) is 38.3 Å². The van der Waals surface area contributed by atoms with Gasteiger partial charge in [-0.25, -0.2) is 18.1 Å². The van der Waals surface area contributed by atoms with Crippen molar-refractivity contribution < 1.29 is 17.9 Å². The highest BCUT2D eigenvalue weighted by Crippen LogP contribution is 2.37. The van der Waals surface area contributed by atoms with Crippen LogP contribution in [0.3, 0.4) is 0 Å². The third kappa shape index (κ3) is 4.86. The molecule has 3 aromatic carbocycles. The van der Waals surface area contributed by atoms with Crippen molar-refractivity contribution >= 4 is 21.7 Å². The molecule has 32 heavy (non-hydrogen) atoms. The van der Waals surface area contributed by atoms with Gasteiger partial charge in [0.25, 0.3) is 10.0 Å². The van der Waals surface area contributed by atoms with Crippen LogP contribution in [0.15, 0.2) is 76.6 Å². The molecule has 0 aliphatic carbocycles. The molecule has 3 aromatic rings. The van der Waals surface area contributed by atoms with Gasteiger partial charge in [-0.2, -0.15) is 0 Å². The average Bonchev–Trinajstić information content (AvgIpc) is 2.74. The molecule has 0 atom stereocenters. The Morgan fingerprint density at radius 2 is 1.66 bits per heavy atom. The number of rotatable bonds is 6. The number of sulfonamides is 1. The van der Waals surface area contributed by atoms with Gasteiger partial charge in [0.15, 0.2) is 5.75 Å². The Kier molecular flexibility index (Phi) is 6.05. The molecule has 0 saturated heterocycles. The van der Waals surface area contributed by atoms with Crippen molar-refractivity contribution in [1.82, 2.24) is 4.72 Å². The fraction of sp³-hybridized carbons (Fsp3) is 0.208. The zero-order chi connectivity index (χ0) is 22.7. The lowest BCUT2D eigenvalue weighted by molar-refractivity contribution is 0.242. The summed E-state index contributed by atoms with van der Waals surface area (Å²) < 4.78 is 39.8. The Bertz CT molecular complexity index is 1250. The van der Waals surface area contributed by atoms with Gasteiger partial charge in [-0.15, -0.1) is 0 Å². The number of aryl methyl sites for hydroxylation is 1. The van der Waals surface area contributed by atoms with Crippen LogP contribution >= 0.6 is 0 Å². The van der Waals surface area contributed by atoms with Crippen molar-refractivity contribution in [1.29, 1.82) is 0 Å². The van der Waals surface area contributed by atoms with E-state index in [1.807, 2.05) is 69.3 Å². The molecule has 1 aliphatic rings. The molecule has 0 unspecified atom stereocenters. The Morgan fingerprint density at radius 1 is 0.938 bits per heavy atom. The number of benzene rings is 3. The number of aliphatic imine (C=N–C) groups is 1. The van der Waals surface area contributed by atoms with Crippen LogP contribution < -0.4 is 19.5 Å². The Hall–Kier alpha value is -3.52. The van der Waals surface area contributed by atoms with E-state index in [4.69, 9.17) is 9.47 Å². The van der Waals surface area contributed by atoms with Gasteiger partial charge in [0.2, 0.25) is 5.96 Å². The summed E-state index contributed by atoms with van der Waals surface area (Å²) in [6.07, 6.45) is 0.0955. The van der Waals surface area contributed by atoms with Crippen LogP contribution in [0.1, 0.15) is 25.0 Å². The molecule has 0 spiro atoms. The highest BCUT2D eigenvalue weighted by atomic mass is 32.2. The third-order valence-corrected chi connectivity index (χ3v) is 6.16. The summed E-state index contributed by atoms with van der Waals surface area (Å²) in [5, 5.41) is 3.08. The molecule has 7 nitrogen and oxygen atoms in total. The zero-order valence-corrected chi connectivity index (χ0v) is 18.9. The quantitative estimate of drug-likeness (QED) is 0.560. The van der Waals surface area contributed by atoms with Crippen LogP contribution in [0.2, 0.25) is 0 Å². The van der Waals surface area contributed by atoms with E-state index >= 15 is 0 Å². The molecule has 0 fully saturated rings. The summed E-state index contributed by atoms with van der Waals surface area (Å²) in [5.41, 5.74) is 2.22. The van der Waals surface area contributed by atoms with Gasteiger partial charge in [0, 0.05) is 0 Å². The van der Waals surface area contributed by atoms with Gasteiger partial charge in [-0.05, 0) is 62.2 Å². The summed E-state index contributed by atoms with van der Waals surface area (Å²) in [6, 6.07) is 20.0. The predicted molar refractivity (Wildman–Crippen MR) is 125 cm³/mol. The fourth-order valence-electron chi connectivity index (χ4n) is 3.25. The summed E-state index contributed by atoms with van der Waals surface area (Å²) in [5.74, 6) is 1.98. The van der Waals surface area contributed by atoms with Crippen LogP contribution in [0.25, 0.3) is 0 Å². The first-order valence-electron chi connectivity index (χ1n) is 10.3. The Balaban J connectivity index is 1.58. The van der Waals surface area contributed by atoms with E-state index in [-0.39, 0.29) is 17.0 Å². The Morgan fingerprint density at radius 3 is 2.38 bits per heavy atom. The minimum Gasteiger partial charge on any atom is -0.491 e. The van der Waals surface area contributed by atoms with Gasteiger partial charge in [0.05, 0.1) is 12.6 Å². The van der Waals surface area contributed by atoms with Gasteiger partial charge in [-0.3, -0.25) is 0 Å². The number of fused-ring (bicyclic) bond motifs is 1. The maximum atomic E-state index is 12.8. The minimum atomic E-state index is -3.78. The number of guanidine groups is 1. The van der Waals surface area contributed by atoms with E-state index < -0.39 is 10.0 Å². The summed E-state index contributed by atoms with van der Waals surface area (Å²) in [7, 11) is -3.78. The first-order chi connectivity index (χ1) is 15.3. The largest absolute Gasteiger partial charge is 0.491 e. The summed E-state index contributed by atoms with van der Waals surface area (Å²) in [4.78, 5) is 4.53. The van der Waals surface area contributed by atoms with E-state index in [0.717, 1.165) is 16.9 Å². The van der Waals surface area contributed by atoms with Crippen LogP contribution in [0, 0.1) is 6.92 Å². The predicted octanol–water partition coefficient (Wildman–Crippen LogP) is 4.83. The van der Waals surface area contributed by atoms with Crippen LogP contribution in [-0.2, 0) is 16.6 Å². The molecule has 0 radical (unpaired) electrons. The normalized spacial score (nSPS) is 15.6. The summed E-state index contributed by atoms with van der Waals surface area (Å²) in [6.45, 7) is 6.16. The van der Waals surface area contributed by atoms with Crippen LogP contribution in [0.5, 0.6) is 17.2 Å². The lowest BCUT2D eigenvalue weighted by atomic mass is 10.2. The maximum absolute atomic E-state index is 12.8. The number of nitrogens with zero attached hydrogens (tertiary/aromatic N) is 1. The number of hydrogen-bond acceptors (Lipinski definition) is 5. The van der Waals surface area contributed by atoms with Crippen LogP contribution in [0.4, 0.5) is 5.69 Å². The molecular weight excluding hydrogens is 426 g/mol. The lowest BCUT2D eigenvalue weighted by Crippen LogP contribution is -2.40. The molecule has 166 valence electrons. The van der Waals surface area contributed by atoms with Crippen molar-refractivity contribution in [2.24, 2.45) is 4.99 Å². The second-order valence-corrected chi connectivity index (χ2v) is 9.35. The minimum absolute atomic E-state index is 0.0955. The average molecular weight is 452 g/mol. The maximum Gasteiger partial charge on any atom is 0.266 e. The standard InChI is InChI=1S/C24H25N3O4S/c1-16(2)30-19-13-11-18(12-14-19)15-25-24-26-23-21(31-20-8-5-4-7-17(20)3)9-6-10-22(23)32(28,29)27-24/h4-14,16H,15H2,1-3H3,(H2,25,26,27). The number of anilines is 1. The van der Waals surface area contributed by atoms with E-state index in [9.17, 15) is 8.42 Å². The monoisotopic (exact) mass is 451 g/mol. The topological polar surface area (TPSA) is 89.0 Å². The molecule has 0 saturated carbocycles. The SMILES string of the molecule is Cc1ccccc1Oc1cccc2c1NC(=NCc1ccc(OC(C)C)cc1)NS2(=O)=O. The van der Waals surface area contributed by atoms with Gasteiger partial charge >= 0.3 is 0 Å². The first kappa shape index (κ1) is 21.7. The third-order valence-electron chi connectivity index (χ3n) is 4.78. The Labute approximate surface area is 188 Å². The van der Waals surface area contributed by atoms with E-state index in [1.165, 1.54) is 6.07 Å². The molecule has 0 bridgehead atoms. The number of ether oxygens (including phenoxy) is 2. The summed E-state index contributed by atoms with van der Waals surface area (Å²) >= 11 is 0. The molecule has 8 heteroatoms. The van der Waals surface area contributed by atoms with Crippen LogP contribution in [-0.4, -0.2) is 20.5 Å². The highest BCUT2D eigenvalue weighted by Gasteiger charge is 2.29. The molecule has 0 aromatic heterocycles. The fourth-order valence-corrected chi connectivity index (χ4v) is 4.40. The number of para-hydroxylation sites is 2.